The van der Waals surface area contributed by atoms with Crippen molar-refractivity contribution >= 4 is 17.7 Å². The standard InChI is InChI=1S/C17H30O9/c1-13(2)26-17(10-23-7-4-14(3)18,11-24-8-5-15(19)20)12-25-9-6-16(21)22/h13H,4-12H2,1-3H3,(H,19,20)(H,21,22). The van der Waals surface area contributed by atoms with E-state index in [1.165, 1.54) is 6.92 Å². The molecule has 0 spiro atoms. The zero-order valence-electron chi connectivity index (χ0n) is 15.7. The molecule has 0 atom stereocenters. The fourth-order valence-corrected chi connectivity index (χ4v) is 2.04. The van der Waals surface area contributed by atoms with Crippen molar-refractivity contribution in [3.05, 3.63) is 0 Å². The molecule has 0 aromatic carbocycles. The number of carbonyl (C=O) groups excluding carboxylic acids is 1. The van der Waals surface area contributed by atoms with Gasteiger partial charge in [-0.2, -0.15) is 0 Å². The Hall–Kier alpha value is -1.55. The Morgan fingerprint density at radius 1 is 0.808 bits per heavy atom. The lowest BCUT2D eigenvalue weighted by Crippen LogP contribution is -2.49. The van der Waals surface area contributed by atoms with Gasteiger partial charge in [0.05, 0.1) is 58.6 Å². The summed E-state index contributed by atoms with van der Waals surface area (Å²) in [6.07, 6.45) is -0.235. The van der Waals surface area contributed by atoms with Crippen LogP contribution in [0.3, 0.4) is 0 Å². The van der Waals surface area contributed by atoms with Crippen molar-refractivity contribution in [1.29, 1.82) is 0 Å². The summed E-state index contributed by atoms with van der Waals surface area (Å²) in [7, 11) is 0. The molecule has 9 heteroatoms. The van der Waals surface area contributed by atoms with E-state index in [4.69, 9.17) is 29.2 Å². The van der Waals surface area contributed by atoms with E-state index in [1.807, 2.05) is 13.8 Å². The van der Waals surface area contributed by atoms with Gasteiger partial charge in [-0.05, 0) is 20.8 Å². The van der Waals surface area contributed by atoms with E-state index in [0.29, 0.717) is 0 Å². The van der Waals surface area contributed by atoms with Gasteiger partial charge in [0.15, 0.2) is 0 Å². The average molecular weight is 378 g/mol. The number of hydrogen-bond acceptors (Lipinski definition) is 7. The summed E-state index contributed by atoms with van der Waals surface area (Å²) in [5.74, 6) is -1.96. The molecule has 0 heterocycles. The molecule has 0 amide bonds. The van der Waals surface area contributed by atoms with Crippen LogP contribution in [0.5, 0.6) is 0 Å². The predicted molar refractivity (Wildman–Crippen MR) is 91.2 cm³/mol. The summed E-state index contributed by atoms with van der Waals surface area (Å²) in [6.45, 7) is 5.42. The highest BCUT2D eigenvalue weighted by Crippen LogP contribution is 2.18. The Morgan fingerprint density at radius 3 is 1.50 bits per heavy atom. The Bertz CT molecular complexity index is 379. The maximum Gasteiger partial charge on any atom is 0.305 e. The van der Waals surface area contributed by atoms with Crippen molar-refractivity contribution < 1.29 is 43.5 Å². The second kappa shape index (κ2) is 13.6. The summed E-state index contributed by atoms with van der Waals surface area (Å²) >= 11 is 0. The molecule has 0 aliphatic carbocycles. The molecule has 2 N–H and O–H groups in total. The molecule has 0 aliphatic heterocycles. The highest BCUT2D eigenvalue weighted by atomic mass is 16.6. The maximum absolute atomic E-state index is 11.0. The molecule has 0 bridgehead atoms. The molecule has 0 aromatic heterocycles. The average Bonchev–Trinajstić information content (AvgIpc) is 2.51. The van der Waals surface area contributed by atoms with Crippen LogP contribution in [-0.4, -0.2) is 79.3 Å². The highest BCUT2D eigenvalue weighted by molar-refractivity contribution is 5.75. The first kappa shape index (κ1) is 24.5. The van der Waals surface area contributed by atoms with Crippen molar-refractivity contribution in [1.82, 2.24) is 0 Å². The number of ketones is 1. The van der Waals surface area contributed by atoms with E-state index < -0.39 is 17.5 Å². The van der Waals surface area contributed by atoms with Crippen LogP contribution in [0.4, 0.5) is 0 Å². The molecule has 9 nitrogen and oxygen atoms in total. The lowest BCUT2D eigenvalue weighted by molar-refractivity contribution is -0.185. The Balaban J connectivity index is 4.80. The molecule has 0 rings (SSSR count). The predicted octanol–water partition coefficient (Wildman–Crippen LogP) is 1.13. The normalized spacial score (nSPS) is 11.7. The van der Waals surface area contributed by atoms with Gasteiger partial charge in [0, 0.05) is 6.42 Å². The Kier molecular flexibility index (Phi) is 12.8. The van der Waals surface area contributed by atoms with Gasteiger partial charge < -0.3 is 29.2 Å². The van der Waals surface area contributed by atoms with Crippen LogP contribution in [0.2, 0.25) is 0 Å². The molecule has 0 aromatic rings. The minimum absolute atomic E-state index is 0.00110. The molecule has 0 unspecified atom stereocenters. The number of aliphatic carboxylic acids is 2. The second-order valence-electron chi connectivity index (χ2n) is 6.25. The number of ether oxygens (including phenoxy) is 4. The topological polar surface area (TPSA) is 129 Å². The van der Waals surface area contributed by atoms with Gasteiger partial charge in [-0.3, -0.25) is 14.4 Å². The van der Waals surface area contributed by atoms with Crippen LogP contribution < -0.4 is 0 Å². The van der Waals surface area contributed by atoms with Crippen LogP contribution in [0, 0.1) is 0 Å². The van der Waals surface area contributed by atoms with Gasteiger partial charge in [-0.15, -0.1) is 0 Å². The number of rotatable bonds is 17. The molecule has 152 valence electrons. The summed E-state index contributed by atoms with van der Waals surface area (Å²) in [6, 6.07) is 0. The van der Waals surface area contributed by atoms with Gasteiger partial charge in [0.1, 0.15) is 11.4 Å². The fraction of sp³-hybridized carbons (Fsp3) is 0.824. The Morgan fingerprint density at radius 2 is 1.19 bits per heavy atom. The van der Waals surface area contributed by atoms with Crippen LogP contribution in [0.25, 0.3) is 0 Å². The molecular weight excluding hydrogens is 348 g/mol. The van der Waals surface area contributed by atoms with E-state index >= 15 is 0 Å². The van der Waals surface area contributed by atoms with E-state index in [2.05, 4.69) is 0 Å². The molecule has 0 aliphatic rings. The summed E-state index contributed by atoms with van der Waals surface area (Å²) in [5.41, 5.74) is -1.03. The molecule has 0 fully saturated rings. The third-order valence-electron chi connectivity index (χ3n) is 3.10. The summed E-state index contributed by atoms with van der Waals surface area (Å²) in [5, 5.41) is 17.4. The second-order valence-corrected chi connectivity index (χ2v) is 6.25. The van der Waals surface area contributed by atoms with Crippen LogP contribution in [0.1, 0.15) is 40.0 Å². The molecular formula is C17H30O9. The number of carboxylic acids is 2. The first-order chi connectivity index (χ1) is 12.2. The van der Waals surface area contributed by atoms with Crippen LogP contribution in [0.15, 0.2) is 0 Å². The fourth-order valence-electron chi connectivity index (χ4n) is 2.04. The van der Waals surface area contributed by atoms with Crippen LogP contribution in [-0.2, 0) is 33.3 Å². The zero-order valence-corrected chi connectivity index (χ0v) is 15.7. The molecule has 0 saturated carbocycles. The Labute approximate surface area is 153 Å². The highest BCUT2D eigenvalue weighted by Gasteiger charge is 2.34. The zero-order chi connectivity index (χ0) is 20.0. The van der Waals surface area contributed by atoms with Gasteiger partial charge in [0.25, 0.3) is 0 Å². The largest absolute Gasteiger partial charge is 0.481 e. The third kappa shape index (κ3) is 13.7. The van der Waals surface area contributed by atoms with E-state index in [1.54, 1.807) is 0 Å². The molecule has 26 heavy (non-hydrogen) atoms. The van der Waals surface area contributed by atoms with Gasteiger partial charge >= 0.3 is 11.9 Å². The number of Topliss-reactive ketones (excluding diaryl/α,β-unsaturated/α-hetero) is 1. The van der Waals surface area contributed by atoms with Gasteiger partial charge in [-0.1, -0.05) is 0 Å². The van der Waals surface area contributed by atoms with E-state index in [9.17, 15) is 14.4 Å². The smallest absolute Gasteiger partial charge is 0.305 e. The minimum Gasteiger partial charge on any atom is -0.481 e. The SMILES string of the molecule is CC(=O)CCOCC(COCCC(=O)O)(COCCC(=O)O)OC(C)C. The lowest BCUT2D eigenvalue weighted by atomic mass is 10.1. The third-order valence-corrected chi connectivity index (χ3v) is 3.10. The van der Waals surface area contributed by atoms with E-state index in [0.717, 1.165) is 0 Å². The number of carboxylic acid groups (broad SMARTS) is 2. The maximum atomic E-state index is 11.0. The molecule has 0 saturated heterocycles. The first-order valence-electron chi connectivity index (χ1n) is 8.51. The van der Waals surface area contributed by atoms with Gasteiger partial charge in [-0.25, -0.2) is 0 Å². The molecule has 0 radical (unpaired) electrons. The summed E-state index contributed by atoms with van der Waals surface area (Å²) < 4.78 is 22.3. The number of hydrogen-bond donors (Lipinski definition) is 2. The van der Waals surface area contributed by atoms with Crippen molar-refractivity contribution in [2.45, 2.75) is 51.7 Å². The summed E-state index contributed by atoms with van der Waals surface area (Å²) in [4.78, 5) is 32.2. The monoisotopic (exact) mass is 378 g/mol. The quantitative estimate of drug-likeness (QED) is 0.358. The van der Waals surface area contributed by atoms with Gasteiger partial charge in [0.2, 0.25) is 0 Å². The first-order valence-corrected chi connectivity index (χ1v) is 8.51. The van der Waals surface area contributed by atoms with Crippen molar-refractivity contribution in [3.63, 3.8) is 0 Å². The van der Waals surface area contributed by atoms with Crippen molar-refractivity contribution in [3.8, 4) is 0 Å². The lowest BCUT2D eigenvalue weighted by Gasteiger charge is -2.35. The van der Waals surface area contributed by atoms with Crippen molar-refractivity contribution in [2.75, 3.05) is 39.6 Å². The van der Waals surface area contributed by atoms with Crippen LogP contribution >= 0.6 is 0 Å². The number of carbonyl (C=O) groups is 3. The van der Waals surface area contributed by atoms with E-state index in [-0.39, 0.29) is 70.8 Å². The minimum atomic E-state index is -1.03. The van der Waals surface area contributed by atoms with Crippen molar-refractivity contribution in [2.24, 2.45) is 0 Å².